The number of likely N-dealkylation sites (tertiary alicyclic amines) is 1. The quantitative estimate of drug-likeness (QED) is 0.537. The van der Waals surface area contributed by atoms with E-state index in [9.17, 15) is 14.4 Å². The lowest BCUT2D eigenvalue weighted by Crippen LogP contribution is -2.53. The molecule has 1 unspecified atom stereocenters. The van der Waals surface area contributed by atoms with Crippen molar-refractivity contribution in [1.29, 1.82) is 0 Å². The molecule has 0 spiro atoms. The Morgan fingerprint density at radius 3 is 2.67 bits per heavy atom. The Hall–Kier alpha value is -1.23. The van der Waals surface area contributed by atoms with Gasteiger partial charge in [0.1, 0.15) is 11.2 Å². The highest BCUT2D eigenvalue weighted by atomic mass is 16.5. The van der Waals surface area contributed by atoms with Crippen molar-refractivity contribution in [2.24, 2.45) is 5.41 Å². The number of hydrogen-bond donors (Lipinski definition) is 0. The van der Waals surface area contributed by atoms with Crippen LogP contribution in [0.3, 0.4) is 0 Å². The lowest BCUT2D eigenvalue weighted by Gasteiger charge is -2.37. The highest BCUT2D eigenvalue weighted by Crippen LogP contribution is 2.33. The number of ether oxygens (including phenoxy) is 1. The largest absolute Gasteiger partial charge is 0.465 e. The van der Waals surface area contributed by atoms with Crippen LogP contribution < -0.4 is 0 Å². The first-order chi connectivity index (χ1) is 8.42. The van der Waals surface area contributed by atoms with Crippen LogP contribution in [0.4, 0.5) is 0 Å². The van der Waals surface area contributed by atoms with E-state index in [0.29, 0.717) is 19.5 Å². The number of rotatable bonds is 5. The normalized spacial score (nSPS) is 24.9. The van der Waals surface area contributed by atoms with Crippen molar-refractivity contribution in [1.82, 2.24) is 4.90 Å². The van der Waals surface area contributed by atoms with E-state index in [1.807, 2.05) is 11.9 Å². The van der Waals surface area contributed by atoms with Gasteiger partial charge in [-0.3, -0.25) is 9.59 Å². The molecule has 5 nitrogen and oxygen atoms in total. The third-order valence-corrected chi connectivity index (χ3v) is 3.36. The van der Waals surface area contributed by atoms with Crippen molar-refractivity contribution in [2.75, 3.05) is 26.7 Å². The summed E-state index contributed by atoms with van der Waals surface area (Å²) in [4.78, 5) is 37.3. The van der Waals surface area contributed by atoms with Crippen LogP contribution in [0.5, 0.6) is 0 Å². The fraction of sp³-hybridized carbons (Fsp3) is 0.769. The Morgan fingerprint density at radius 1 is 1.44 bits per heavy atom. The highest BCUT2D eigenvalue weighted by molar-refractivity contribution is 6.05. The zero-order valence-electron chi connectivity index (χ0n) is 11.3. The third-order valence-electron chi connectivity index (χ3n) is 3.36. The van der Waals surface area contributed by atoms with Crippen molar-refractivity contribution in [3.63, 3.8) is 0 Å². The van der Waals surface area contributed by atoms with Crippen LogP contribution in [0.2, 0.25) is 0 Å². The summed E-state index contributed by atoms with van der Waals surface area (Å²) in [6.45, 7) is 4.43. The maximum Gasteiger partial charge on any atom is 0.320 e. The molecule has 0 amide bonds. The van der Waals surface area contributed by atoms with Crippen LogP contribution in [-0.4, -0.2) is 49.2 Å². The van der Waals surface area contributed by atoms with E-state index in [-0.39, 0.29) is 31.0 Å². The summed E-state index contributed by atoms with van der Waals surface area (Å²) in [5, 5.41) is 0. The number of Topliss-reactive ketones (excluding diaryl/α,β-unsaturated/α-hetero) is 2. The van der Waals surface area contributed by atoms with E-state index in [0.717, 1.165) is 0 Å². The zero-order valence-corrected chi connectivity index (χ0v) is 11.3. The molecule has 1 aliphatic rings. The molecule has 18 heavy (non-hydrogen) atoms. The van der Waals surface area contributed by atoms with Crippen LogP contribution >= 0.6 is 0 Å². The Labute approximate surface area is 107 Å². The van der Waals surface area contributed by atoms with Crippen molar-refractivity contribution in [2.45, 2.75) is 33.1 Å². The SMILES string of the molecule is CCOC(=O)C1(CCC(C)=O)CN(C)CCC1=O. The smallest absolute Gasteiger partial charge is 0.320 e. The minimum Gasteiger partial charge on any atom is -0.465 e. The number of hydrogen-bond acceptors (Lipinski definition) is 5. The molecule has 0 aromatic heterocycles. The molecule has 0 aliphatic carbocycles. The van der Waals surface area contributed by atoms with Gasteiger partial charge in [-0.05, 0) is 27.3 Å². The number of piperidine rings is 1. The lowest BCUT2D eigenvalue weighted by atomic mass is 9.74. The van der Waals surface area contributed by atoms with Crippen LogP contribution in [-0.2, 0) is 19.1 Å². The van der Waals surface area contributed by atoms with Crippen LogP contribution in [0, 0.1) is 5.41 Å². The number of nitrogens with zero attached hydrogens (tertiary/aromatic N) is 1. The topological polar surface area (TPSA) is 63.7 Å². The summed E-state index contributed by atoms with van der Waals surface area (Å²) in [7, 11) is 1.87. The molecule has 0 saturated carbocycles. The summed E-state index contributed by atoms with van der Waals surface area (Å²) < 4.78 is 5.04. The van der Waals surface area contributed by atoms with Gasteiger partial charge < -0.3 is 14.4 Å². The molecule has 1 saturated heterocycles. The first-order valence-electron chi connectivity index (χ1n) is 6.31. The Kier molecular flexibility index (Phi) is 5.02. The molecular formula is C13H21NO4. The first kappa shape index (κ1) is 14.8. The van der Waals surface area contributed by atoms with Crippen LogP contribution in [0.25, 0.3) is 0 Å². The minimum atomic E-state index is -1.14. The van der Waals surface area contributed by atoms with Gasteiger partial charge in [-0.2, -0.15) is 0 Å². The molecule has 0 aromatic carbocycles. The average Bonchev–Trinajstić information content (AvgIpc) is 2.30. The van der Waals surface area contributed by atoms with Crippen molar-refractivity contribution >= 4 is 17.5 Å². The van der Waals surface area contributed by atoms with E-state index >= 15 is 0 Å². The molecule has 1 aliphatic heterocycles. The predicted octanol–water partition coefficient (Wildman–Crippen LogP) is 0.810. The Bertz CT molecular complexity index is 353. The summed E-state index contributed by atoms with van der Waals surface area (Å²) >= 11 is 0. The van der Waals surface area contributed by atoms with Gasteiger partial charge in [-0.15, -0.1) is 0 Å². The standard InChI is InChI=1S/C13H21NO4/c1-4-18-12(17)13(7-5-10(2)15)9-14(3)8-6-11(13)16/h4-9H2,1-3H3. The lowest BCUT2D eigenvalue weighted by molar-refractivity contribution is -0.164. The summed E-state index contributed by atoms with van der Waals surface area (Å²) in [6, 6.07) is 0. The van der Waals surface area contributed by atoms with Crippen molar-refractivity contribution in [3.05, 3.63) is 0 Å². The second-order valence-corrected chi connectivity index (χ2v) is 4.92. The maximum absolute atomic E-state index is 12.2. The molecule has 1 fully saturated rings. The van der Waals surface area contributed by atoms with E-state index in [2.05, 4.69) is 0 Å². The zero-order chi connectivity index (χ0) is 13.8. The molecule has 0 bridgehead atoms. The Morgan fingerprint density at radius 2 is 2.11 bits per heavy atom. The molecule has 0 aromatic rings. The molecule has 1 atom stereocenters. The average molecular weight is 255 g/mol. The van der Waals surface area contributed by atoms with Crippen molar-refractivity contribution in [3.8, 4) is 0 Å². The minimum absolute atomic E-state index is 0.0142. The maximum atomic E-state index is 12.2. The summed E-state index contributed by atoms with van der Waals surface area (Å²) in [5.74, 6) is -0.595. The number of carbonyl (C=O) groups is 3. The van der Waals surface area contributed by atoms with E-state index in [1.165, 1.54) is 6.92 Å². The van der Waals surface area contributed by atoms with Gasteiger partial charge in [-0.25, -0.2) is 0 Å². The van der Waals surface area contributed by atoms with E-state index in [4.69, 9.17) is 4.74 Å². The third kappa shape index (κ3) is 3.16. The Balaban J connectivity index is 2.94. The highest BCUT2D eigenvalue weighted by Gasteiger charge is 2.49. The monoisotopic (exact) mass is 255 g/mol. The van der Waals surface area contributed by atoms with Crippen LogP contribution in [0.1, 0.15) is 33.1 Å². The second kappa shape index (κ2) is 6.09. The molecule has 1 rings (SSSR count). The number of esters is 1. The molecule has 102 valence electrons. The number of ketones is 2. The van der Waals surface area contributed by atoms with E-state index < -0.39 is 11.4 Å². The summed E-state index contributed by atoms with van der Waals surface area (Å²) in [6.07, 6.45) is 0.829. The predicted molar refractivity (Wildman–Crippen MR) is 66.1 cm³/mol. The number of carbonyl (C=O) groups excluding carboxylic acids is 3. The molecular weight excluding hydrogens is 234 g/mol. The first-order valence-corrected chi connectivity index (χ1v) is 6.31. The second-order valence-electron chi connectivity index (χ2n) is 4.92. The molecule has 1 heterocycles. The van der Waals surface area contributed by atoms with E-state index in [1.54, 1.807) is 6.92 Å². The fourth-order valence-corrected chi connectivity index (χ4v) is 2.32. The molecule has 0 N–H and O–H groups in total. The summed E-state index contributed by atoms with van der Waals surface area (Å²) in [5.41, 5.74) is -1.14. The van der Waals surface area contributed by atoms with Crippen LogP contribution in [0.15, 0.2) is 0 Å². The fourth-order valence-electron chi connectivity index (χ4n) is 2.32. The van der Waals surface area contributed by atoms with Gasteiger partial charge in [0.2, 0.25) is 0 Å². The van der Waals surface area contributed by atoms with Gasteiger partial charge >= 0.3 is 5.97 Å². The van der Waals surface area contributed by atoms with Gasteiger partial charge in [0.15, 0.2) is 5.78 Å². The van der Waals surface area contributed by atoms with Gasteiger partial charge in [0.25, 0.3) is 0 Å². The van der Waals surface area contributed by atoms with Gasteiger partial charge in [0, 0.05) is 25.9 Å². The van der Waals surface area contributed by atoms with Crippen molar-refractivity contribution < 1.29 is 19.1 Å². The van der Waals surface area contributed by atoms with Gasteiger partial charge in [-0.1, -0.05) is 0 Å². The molecule has 0 radical (unpaired) electrons. The van der Waals surface area contributed by atoms with Gasteiger partial charge in [0.05, 0.1) is 6.61 Å². The molecule has 5 heteroatoms.